The normalized spacial score (nSPS) is 23.3. The first-order chi connectivity index (χ1) is 11.2. The van der Waals surface area contributed by atoms with Gasteiger partial charge in [0.15, 0.2) is 5.96 Å². The number of aliphatic imine (C=N–C) groups is 1. The summed E-state index contributed by atoms with van der Waals surface area (Å²) < 4.78 is 0. The number of hydrogen-bond acceptors (Lipinski definition) is 2. The lowest BCUT2D eigenvalue weighted by Gasteiger charge is -2.35. The third-order valence-corrected chi connectivity index (χ3v) is 4.38. The molecule has 2 rings (SSSR count). The van der Waals surface area contributed by atoms with E-state index in [9.17, 15) is 0 Å². The maximum absolute atomic E-state index is 6.01. The lowest BCUT2D eigenvalue weighted by molar-refractivity contribution is 0.134. The number of hydrogen-bond donors (Lipinski definition) is 2. The van der Waals surface area contributed by atoms with Crippen LogP contribution in [0.5, 0.6) is 0 Å². The van der Waals surface area contributed by atoms with Crippen LogP contribution in [0.3, 0.4) is 0 Å². The van der Waals surface area contributed by atoms with E-state index in [-0.39, 0.29) is 5.54 Å². The molecule has 4 nitrogen and oxygen atoms in total. The Labute approximate surface area is 147 Å². The van der Waals surface area contributed by atoms with Crippen LogP contribution in [0.1, 0.15) is 52.2 Å². The molecule has 134 valence electrons. The van der Waals surface area contributed by atoms with Gasteiger partial charge in [0.25, 0.3) is 0 Å². The number of guanidine groups is 1. The predicted octanol–water partition coefficient (Wildman–Crippen LogP) is 3.37. The molecule has 1 fully saturated rings. The molecule has 1 heterocycles. The molecule has 4 heteroatoms. The highest BCUT2D eigenvalue weighted by Gasteiger charge is 2.22. The number of rotatable bonds is 4. The highest BCUT2D eigenvalue weighted by atomic mass is 15.1. The first-order valence-corrected chi connectivity index (χ1v) is 9.10. The molecule has 0 spiro atoms. The highest BCUT2D eigenvalue weighted by Crippen LogP contribution is 2.23. The number of nitrogens with two attached hydrogens (primary N) is 1. The third-order valence-electron chi connectivity index (χ3n) is 4.38. The van der Waals surface area contributed by atoms with Gasteiger partial charge in [0.05, 0.1) is 6.54 Å². The minimum atomic E-state index is -0.0623. The summed E-state index contributed by atoms with van der Waals surface area (Å²) >= 11 is 0. The maximum atomic E-state index is 6.01. The molecule has 2 atom stereocenters. The molecule has 0 amide bonds. The van der Waals surface area contributed by atoms with Crippen LogP contribution < -0.4 is 11.1 Å². The summed E-state index contributed by atoms with van der Waals surface area (Å²) in [5, 5.41) is 3.22. The van der Waals surface area contributed by atoms with Gasteiger partial charge in [0.2, 0.25) is 0 Å². The molecule has 0 saturated carbocycles. The zero-order valence-electron chi connectivity index (χ0n) is 16.0. The van der Waals surface area contributed by atoms with Crippen molar-refractivity contribution in [2.45, 2.75) is 59.7 Å². The number of nitrogens with one attached hydrogen (secondary N) is 1. The Morgan fingerprint density at radius 3 is 2.33 bits per heavy atom. The predicted molar refractivity (Wildman–Crippen MR) is 103 cm³/mol. The topological polar surface area (TPSA) is 53.6 Å². The fourth-order valence-electron chi connectivity index (χ4n) is 3.62. The fourth-order valence-corrected chi connectivity index (χ4v) is 3.62. The Hall–Kier alpha value is -1.55. The minimum Gasteiger partial charge on any atom is -0.370 e. The Bertz CT molecular complexity index is 549. The van der Waals surface area contributed by atoms with Crippen molar-refractivity contribution in [1.29, 1.82) is 0 Å². The summed E-state index contributed by atoms with van der Waals surface area (Å²) in [5.41, 5.74) is 8.58. The van der Waals surface area contributed by atoms with Gasteiger partial charge in [-0.15, -0.1) is 0 Å². The van der Waals surface area contributed by atoms with Crippen molar-refractivity contribution in [1.82, 2.24) is 10.2 Å². The van der Waals surface area contributed by atoms with Crippen molar-refractivity contribution in [3.63, 3.8) is 0 Å². The molecule has 24 heavy (non-hydrogen) atoms. The number of benzene rings is 1. The quantitative estimate of drug-likeness (QED) is 0.657. The Morgan fingerprint density at radius 2 is 1.75 bits per heavy atom. The lowest BCUT2D eigenvalue weighted by atomic mass is 9.91. The molecule has 1 aliphatic heterocycles. The van der Waals surface area contributed by atoms with E-state index >= 15 is 0 Å². The second kappa shape index (κ2) is 8.02. The van der Waals surface area contributed by atoms with E-state index in [1.54, 1.807) is 0 Å². The van der Waals surface area contributed by atoms with E-state index in [1.807, 2.05) is 0 Å². The summed E-state index contributed by atoms with van der Waals surface area (Å²) in [6.45, 7) is 15.0. The van der Waals surface area contributed by atoms with Crippen LogP contribution in [-0.2, 0) is 13.1 Å². The minimum absolute atomic E-state index is 0.0623. The van der Waals surface area contributed by atoms with Crippen LogP contribution in [0.2, 0.25) is 0 Å². The van der Waals surface area contributed by atoms with Gasteiger partial charge in [-0.2, -0.15) is 0 Å². The molecule has 1 aliphatic rings. The van der Waals surface area contributed by atoms with E-state index in [1.165, 1.54) is 30.6 Å². The van der Waals surface area contributed by atoms with Crippen molar-refractivity contribution < 1.29 is 0 Å². The lowest BCUT2D eigenvalue weighted by Crippen LogP contribution is -2.45. The Kier molecular flexibility index (Phi) is 6.27. The number of piperidine rings is 1. The third kappa shape index (κ3) is 6.16. The van der Waals surface area contributed by atoms with E-state index in [4.69, 9.17) is 5.73 Å². The van der Waals surface area contributed by atoms with Crippen LogP contribution in [0.15, 0.2) is 29.3 Å². The summed E-state index contributed by atoms with van der Waals surface area (Å²) in [4.78, 5) is 7.11. The van der Waals surface area contributed by atoms with Crippen molar-refractivity contribution in [2.24, 2.45) is 22.6 Å². The average Bonchev–Trinajstić information content (AvgIpc) is 2.43. The molecular weight excluding hydrogens is 296 g/mol. The van der Waals surface area contributed by atoms with Gasteiger partial charge >= 0.3 is 0 Å². The van der Waals surface area contributed by atoms with Crippen molar-refractivity contribution in [2.75, 3.05) is 13.1 Å². The zero-order valence-corrected chi connectivity index (χ0v) is 16.0. The van der Waals surface area contributed by atoms with Crippen LogP contribution in [0.4, 0.5) is 0 Å². The van der Waals surface area contributed by atoms with Crippen LogP contribution in [-0.4, -0.2) is 29.5 Å². The van der Waals surface area contributed by atoms with Gasteiger partial charge in [-0.25, -0.2) is 4.99 Å². The smallest absolute Gasteiger partial charge is 0.189 e. The SMILES string of the molecule is CC1CC(C)CN(Cc2ccccc2CN=C(N)NC(C)(C)C)C1. The average molecular weight is 331 g/mol. The monoisotopic (exact) mass is 330 g/mol. The molecule has 1 aromatic rings. The molecule has 3 N–H and O–H groups in total. The molecule has 1 aromatic carbocycles. The summed E-state index contributed by atoms with van der Waals surface area (Å²) in [6.07, 6.45) is 1.34. The van der Waals surface area contributed by atoms with Crippen LogP contribution in [0, 0.1) is 11.8 Å². The van der Waals surface area contributed by atoms with Gasteiger partial charge in [-0.05, 0) is 50.2 Å². The highest BCUT2D eigenvalue weighted by molar-refractivity contribution is 5.78. The molecule has 0 aromatic heterocycles. The summed E-state index contributed by atoms with van der Waals surface area (Å²) in [5.74, 6) is 2.08. The van der Waals surface area contributed by atoms with Crippen LogP contribution in [0.25, 0.3) is 0 Å². The first-order valence-electron chi connectivity index (χ1n) is 9.10. The zero-order chi connectivity index (χ0) is 17.7. The molecular formula is C20H34N4. The van der Waals surface area contributed by atoms with Gasteiger partial charge < -0.3 is 11.1 Å². The Morgan fingerprint density at radius 1 is 1.17 bits per heavy atom. The fraction of sp³-hybridized carbons (Fsp3) is 0.650. The summed E-state index contributed by atoms with van der Waals surface area (Å²) in [7, 11) is 0. The maximum Gasteiger partial charge on any atom is 0.189 e. The van der Waals surface area contributed by atoms with E-state index in [0.29, 0.717) is 12.5 Å². The van der Waals surface area contributed by atoms with Crippen molar-refractivity contribution in [3.05, 3.63) is 35.4 Å². The second-order valence-electron chi connectivity index (χ2n) is 8.49. The molecule has 1 saturated heterocycles. The molecule has 0 radical (unpaired) electrons. The molecule has 2 unspecified atom stereocenters. The van der Waals surface area contributed by atoms with E-state index in [2.05, 4.69) is 74.1 Å². The van der Waals surface area contributed by atoms with E-state index < -0.39 is 0 Å². The van der Waals surface area contributed by atoms with Gasteiger partial charge in [0.1, 0.15) is 0 Å². The van der Waals surface area contributed by atoms with Gasteiger partial charge in [-0.1, -0.05) is 38.1 Å². The van der Waals surface area contributed by atoms with E-state index in [0.717, 1.165) is 18.4 Å². The standard InChI is InChI=1S/C20H34N4/c1-15-10-16(2)13-24(12-15)14-18-9-7-6-8-17(18)11-22-19(21)23-20(3,4)5/h6-9,15-16H,10-14H2,1-5H3,(H3,21,22,23). The summed E-state index contributed by atoms with van der Waals surface area (Å²) in [6, 6.07) is 8.60. The molecule has 0 aliphatic carbocycles. The number of likely N-dealkylation sites (tertiary alicyclic amines) is 1. The first kappa shape index (κ1) is 18.8. The largest absolute Gasteiger partial charge is 0.370 e. The van der Waals surface area contributed by atoms with Gasteiger partial charge in [-0.3, -0.25) is 4.90 Å². The van der Waals surface area contributed by atoms with Crippen molar-refractivity contribution >= 4 is 5.96 Å². The Balaban J connectivity index is 2.03. The number of nitrogens with zero attached hydrogens (tertiary/aromatic N) is 2. The molecule has 0 bridgehead atoms. The van der Waals surface area contributed by atoms with Gasteiger partial charge in [0, 0.05) is 25.2 Å². The second-order valence-corrected chi connectivity index (χ2v) is 8.49. The van der Waals surface area contributed by atoms with Crippen LogP contribution >= 0.6 is 0 Å². The van der Waals surface area contributed by atoms with Crippen molar-refractivity contribution in [3.8, 4) is 0 Å².